The van der Waals surface area contributed by atoms with Gasteiger partial charge in [0.2, 0.25) is 5.91 Å². The molecule has 26 heavy (non-hydrogen) atoms. The van der Waals surface area contributed by atoms with Crippen molar-refractivity contribution in [1.29, 1.82) is 0 Å². The molecule has 0 unspecified atom stereocenters. The maximum Gasteiger partial charge on any atom is 0.311 e. The molecule has 1 heterocycles. The SMILES string of the molecule is O=C(COC(=O)[C@H]1CC(=O)N(c2ccc(Cl)cc2)C1)Nc1ccccc1. The lowest BCUT2D eigenvalue weighted by atomic mass is 10.1. The molecule has 0 spiro atoms. The summed E-state index contributed by atoms with van der Waals surface area (Å²) in [4.78, 5) is 37.7. The summed E-state index contributed by atoms with van der Waals surface area (Å²) in [6.07, 6.45) is 0.0573. The molecular weight excluding hydrogens is 356 g/mol. The standard InChI is InChI=1S/C19H17ClN2O4/c20-14-6-8-16(9-7-14)22-11-13(10-18(22)24)19(25)26-12-17(23)21-15-4-2-1-3-5-15/h1-9,13H,10-12H2,(H,21,23)/t13-/m0/s1. The van der Waals surface area contributed by atoms with Gasteiger partial charge < -0.3 is 15.0 Å². The minimum absolute atomic E-state index is 0.0573. The van der Waals surface area contributed by atoms with Crippen molar-refractivity contribution in [3.05, 3.63) is 59.6 Å². The number of nitrogens with zero attached hydrogens (tertiary/aromatic N) is 1. The molecule has 1 aliphatic heterocycles. The number of ether oxygens (including phenoxy) is 1. The van der Waals surface area contributed by atoms with Gasteiger partial charge in [-0.15, -0.1) is 0 Å². The van der Waals surface area contributed by atoms with Crippen LogP contribution in [0.15, 0.2) is 54.6 Å². The fourth-order valence-electron chi connectivity index (χ4n) is 2.71. The Balaban J connectivity index is 1.51. The number of halogens is 1. The normalized spacial score (nSPS) is 16.4. The first-order valence-electron chi connectivity index (χ1n) is 8.10. The number of para-hydroxylation sites is 1. The Morgan fingerprint density at radius 3 is 2.50 bits per heavy atom. The van der Waals surface area contributed by atoms with Gasteiger partial charge in [-0.1, -0.05) is 29.8 Å². The Labute approximate surface area is 155 Å². The summed E-state index contributed by atoms with van der Waals surface area (Å²) >= 11 is 5.85. The zero-order valence-electron chi connectivity index (χ0n) is 13.9. The molecule has 0 saturated carbocycles. The predicted molar refractivity (Wildman–Crippen MR) is 97.9 cm³/mol. The topological polar surface area (TPSA) is 75.7 Å². The van der Waals surface area contributed by atoms with Crippen LogP contribution in [0.25, 0.3) is 0 Å². The van der Waals surface area contributed by atoms with E-state index < -0.39 is 17.8 Å². The van der Waals surface area contributed by atoms with E-state index in [9.17, 15) is 14.4 Å². The van der Waals surface area contributed by atoms with E-state index in [0.717, 1.165) is 0 Å². The van der Waals surface area contributed by atoms with Gasteiger partial charge in [-0.05, 0) is 36.4 Å². The third kappa shape index (κ3) is 4.40. The minimum Gasteiger partial charge on any atom is -0.455 e. The van der Waals surface area contributed by atoms with E-state index >= 15 is 0 Å². The van der Waals surface area contributed by atoms with Crippen molar-refractivity contribution >= 4 is 40.8 Å². The Bertz CT molecular complexity index is 808. The van der Waals surface area contributed by atoms with E-state index in [0.29, 0.717) is 16.4 Å². The second-order valence-electron chi connectivity index (χ2n) is 5.90. The fraction of sp³-hybridized carbons (Fsp3) is 0.211. The van der Waals surface area contributed by atoms with Crippen LogP contribution in [0.4, 0.5) is 11.4 Å². The summed E-state index contributed by atoms with van der Waals surface area (Å²) in [7, 11) is 0. The van der Waals surface area contributed by atoms with Crippen LogP contribution in [0, 0.1) is 5.92 Å². The van der Waals surface area contributed by atoms with Crippen LogP contribution in [-0.2, 0) is 19.1 Å². The van der Waals surface area contributed by atoms with Crippen LogP contribution in [-0.4, -0.2) is 30.9 Å². The van der Waals surface area contributed by atoms with Gasteiger partial charge in [0.25, 0.3) is 5.91 Å². The molecule has 1 aliphatic rings. The van der Waals surface area contributed by atoms with Gasteiger partial charge in [-0.3, -0.25) is 14.4 Å². The lowest BCUT2D eigenvalue weighted by molar-refractivity contribution is -0.151. The van der Waals surface area contributed by atoms with Crippen LogP contribution in [0.2, 0.25) is 5.02 Å². The van der Waals surface area contributed by atoms with Crippen LogP contribution in [0.1, 0.15) is 6.42 Å². The summed E-state index contributed by atoms with van der Waals surface area (Å²) in [6.45, 7) is -0.168. The van der Waals surface area contributed by atoms with Crippen LogP contribution in [0.3, 0.4) is 0 Å². The first-order valence-corrected chi connectivity index (χ1v) is 8.48. The highest BCUT2D eigenvalue weighted by Gasteiger charge is 2.36. The molecule has 0 bridgehead atoms. The van der Waals surface area contributed by atoms with Crippen LogP contribution < -0.4 is 10.2 Å². The molecule has 2 aromatic carbocycles. The fourth-order valence-corrected chi connectivity index (χ4v) is 2.84. The third-order valence-electron chi connectivity index (χ3n) is 4.00. The second-order valence-corrected chi connectivity index (χ2v) is 6.34. The molecule has 6 nitrogen and oxygen atoms in total. The molecule has 2 amide bonds. The molecule has 3 rings (SSSR count). The maximum absolute atomic E-state index is 12.2. The molecule has 1 fully saturated rings. The molecule has 1 N–H and O–H groups in total. The molecular formula is C19H17ClN2O4. The van der Waals surface area contributed by atoms with Crippen LogP contribution >= 0.6 is 11.6 Å². The van der Waals surface area contributed by atoms with Crippen molar-refractivity contribution < 1.29 is 19.1 Å². The monoisotopic (exact) mass is 372 g/mol. The Kier molecular flexibility index (Phi) is 5.53. The van der Waals surface area contributed by atoms with E-state index in [4.69, 9.17) is 16.3 Å². The van der Waals surface area contributed by atoms with Gasteiger partial charge in [-0.2, -0.15) is 0 Å². The summed E-state index contributed by atoms with van der Waals surface area (Å²) < 4.78 is 5.06. The van der Waals surface area contributed by atoms with Crippen molar-refractivity contribution in [1.82, 2.24) is 0 Å². The molecule has 1 atom stereocenters. The highest BCUT2D eigenvalue weighted by molar-refractivity contribution is 6.30. The number of benzene rings is 2. The number of hydrogen-bond acceptors (Lipinski definition) is 4. The Hall–Kier alpha value is -2.86. The second kappa shape index (κ2) is 8.01. The minimum atomic E-state index is -0.595. The lowest BCUT2D eigenvalue weighted by Gasteiger charge is -2.16. The quantitative estimate of drug-likeness (QED) is 0.819. The van der Waals surface area contributed by atoms with Gasteiger partial charge in [0.05, 0.1) is 5.92 Å². The van der Waals surface area contributed by atoms with Crippen molar-refractivity contribution in [3.8, 4) is 0 Å². The average molecular weight is 373 g/mol. The van der Waals surface area contributed by atoms with E-state index in [2.05, 4.69) is 5.32 Å². The van der Waals surface area contributed by atoms with Gasteiger partial charge in [0.15, 0.2) is 6.61 Å². The number of rotatable bonds is 5. The number of nitrogens with one attached hydrogen (secondary N) is 1. The third-order valence-corrected chi connectivity index (χ3v) is 4.25. The molecule has 7 heteroatoms. The smallest absolute Gasteiger partial charge is 0.311 e. The largest absolute Gasteiger partial charge is 0.455 e. The summed E-state index contributed by atoms with van der Waals surface area (Å²) in [5.74, 6) is -1.74. The maximum atomic E-state index is 12.2. The zero-order chi connectivity index (χ0) is 18.5. The molecule has 1 saturated heterocycles. The van der Waals surface area contributed by atoms with Gasteiger partial charge >= 0.3 is 5.97 Å². The summed E-state index contributed by atoms with van der Waals surface area (Å²) in [6, 6.07) is 15.7. The van der Waals surface area contributed by atoms with E-state index in [1.54, 1.807) is 48.5 Å². The van der Waals surface area contributed by atoms with E-state index in [1.807, 2.05) is 6.07 Å². The molecule has 2 aromatic rings. The number of esters is 1. The predicted octanol–water partition coefficient (Wildman–Crippen LogP) is 2.87. The first kappa shape index (κ1) is 17.9. The lowest BCUT2D eigenvalue weighted by Crippen LogP contribution is -2.28. The molecule has 0 aliphatic carbocycles. The summed E-state index contributed by atoms with van der Waals surface area (Å²) in [5.41, 5.74) is 1.30. The van der Waals surface area contributed by atoms with Crippen LogP contribution in [0.5, 0.6) is 0 Å². The van der Waals surface area contributed by atoms with Crippen molar-refractivity contribution in [3.63, 3.8) is 0 Å². The number of carbonyl (C=O) groups is 3. The Morgan fingerprint density at radius 2 is 1.81 bits per heavy atom. The number of amides is 2. The Morgan fingerprint density at radius 1 is 1.12 bits per heavy atom. The van der Waals surface area contributed by atoms with Gasteiger partial charge in [0.1, 0.15) is 0 Å². The van der Waals surface area contributed by atoms with Crippen molar-refractivity contribution in [2.24, 2.45) is 5.92 Å². The molecule has 0 aromatic heterocycles. The highest BCUT2D eigenvalue weighted by atomic mass is 35.5. The molecule has 0 radical (unpaired) electrons. The first-order chi connectivity index (χ1) is 12.5. The zero-order valence-corrected chi connectivity index (χ0v) is 14.6. The van der Waals surface area contributed by atoms with Gasteiger partial charge in [0, 0.05) is 29.4 Å². The van der Waals surface area contributed by atoms with E-state index in [1.165, 1.54) is 4.90 Å². The number of anilines is 2. The number of hydrogen-bond donors (Lipinski definition) is 1. The molecule has 134 valence electrons. The van der Waals surface area contributed by atoms with Gasteiger partial charge in [-0.25, -0.2) is 0 Å². The summed E-state index contributed by atoms with van der Waals surface area (Å²) in [5, 5.41) is 3.20. The van der Waals surface area contributed by atoms with Crippen molar-refractivity contribution in [2.75, 3.05) is 23.4 Å². The highest BCUT2D eigenvalue weighted by Crippen LogP contribution is 2.26. The number of carbonyl (C=O) groups excluding carboxylic acids is 3. The van der Waals surface area contributed by atoms with E-state index in [-0.39, 0.29) is 25.5 Å². The van der Waals surface area contributed by atoms with Crippen molar-refractivity contribution in [2.45, 2.75) is 6.42 Å². The average Bonchev–Trinajstić information content (AvgIpc) is 3.03.